The fourth-order valence-corrected chi connectivity index (χ4v) is 4.36. The predicted octanol–water partition coefficient (Wildman–Crippen LogP) is 4.26. The van der Waals surface area contributed by atoms with Crippen molar-refractivity contribution in [2.45, 2.75) is 11.8 Å². The van der Waals surface area contributed by atoms with Crippen molar-refractivity contribution in [3.63, 3.8) is 0 Å². The zero-order valence-electron chi connectivity index (χ0n) is 13.6. The normalized spacial score (nSPS) is 14.3. The molecule has 0 unspecified atom stereocenters. The van der Waals surface area contributed by atoms with E-state index in [-0.39, 0.29) is 0 Å². The fourth-order valence-electron chi connectivity index (χ4n) is 2.30. The first-order valence-corrected chi connectivity index (χ1v) is 9.29. The first-order valence-electron chi connectivity index (χ1n) is 7.61. The molecule has 3 nitrogen and oxygen atoms in total. The summed E-state index contributed by atoms with van der Waals surface area (Å²) >= 11 is 0. The van der Waals surface area contributed by atoms with Crippen LogP contribution in [0.2, 0.25) is 0 Å². The Morgan fingerprint density at radius 1 is 1.09 bits per heavy atom. The first kappa shape index (κ1) is 17.4. The molecule has 0 spiro atoms. The molecule has 0 N–H and O–H groups in total. The number of methoxy groups -OCH3 is 1. The van der Waals surface area contributed by atoms with Gasteiger partial charge in [0, 0.05) is 12.0 Å². The quantitative estimate of drug-likeness (QED) is 0.712. The van der Waals surface area contributed by atoms with Gasteiger partial charge in [-0.05, 0) is 24.6 Å². The topological polar surface area (TPSA) is 38.7 Å². The van der Waals surface area contributed by atoms with Crippen LogP contribution in [-0.4, -0.2) is 30.2 Å². The first-order chi connectivity index (χ1) is 11.1. The van der Waals surface area contributed by atoms with Crippen LogP contribution >= 0.6 is 0 Å². The van der Waals surface area contributed by atoms with Crippen molar-refractivity contribution in [3.8, 4) is 0 Å². The third-order valence-electron chi connectivity index (χ3n) is 3.34. The number of rotatable bonds is 7. The Bertz CT molecular complexity index is 745. The van der Waals surface area contributed by atoms with Crippen LogP contribution in [0.15, 0.2) is 75.5 Å². The molecule has 0 saturated heterocycles. The Labute approximate surface area is 139 Å². The summed E-state index contributed by atoms with van der Waals surface area (Å²) in [5.74, 6) is 0.426. The van der Waals surface area contributed by atoms with Gasteiger partial charge in [0.15, 0.2) is 0 Å². The third kappa shape index (κ3) is 5.34. The van der Waals surface area contributed by atoms with Crippen LogP contribution < -0.4 is 0 Å². The highest BCUT2D eigenvalue weighted by atomic mass is 32.2. The van der Waals surface area contributed by atoms with Gasteiger partial charge in [-0.25, -0.2) is 8.57 Å². The molecule has 0 aliphatic carbocycles. The molecule has 4 heteroatoms. The highest BCUT2D eigenvalue weighted by Gasteiger charge is 2.13. The van der Waals surface area contributed by atoms with Gasteiger partial charge in [0.25, 0.3) is 0 Å². The van der Waals surface area contributed by atoms with Gasteiger partial charge in [-0.3, -0.25) is 0 Å². The molecule has 122 valence electrons. The van der Waals surface area contributed by atoms with Gasteiger partial charge in [-0.15, -0.1) is 0 Å². The maximum atomic E-state index is 13.4. The molecule has 1 atom stereocenters. The van der Waals surface area contributed by atoms with Crippen LogP contribution in [-0.2, 0) is 14.5 Å². The van der Waals surface area contributed by atoms with Gasteiger partial charge in [0.05, 0.1) is 28.6 Å². The smallest absolute Gasteiger partial charge is 0.0791 e. The van der Waals surface area contributed by atoms with Crippen molar-refractivity contribution >= 4 is 15.8 Å². The molecule has 0 saturated carbocycles. The summed E-state index contributed by atoms with van der Waals surface area (Å²) < 4.78 is 22.9. The van der Waals surface area contributed by atoms with E-state index in [1.807, 2.05) is 67.6 Å². The second-order valence-electron chi connectivity index (χ2n) is 5.34. The van der Waals surface area contributed by atoms with Crippen LogP contribution in [0.3, 0.4) is 0 Å². The maximum Gasteiger partial charge on any atom is 0.0791 e. The lowest BCUT2D eigenvalue weighted by atomic mass is 10.1. The lowest BCUT2D eigenvalue weighted by molar-refractivity contribution is 0.208. The molecular weight excluding hydrogens is 306 g/mol. The van der Waals surface area contributed by atoms with Crippen molar-refractivity contribution in [1.29, 1.82) is 0 Å². The molecule has 2 aromatic carbocycles. The molecule has 0 bridgehead atoms. The standard InChI is InChI=1S/C19H23NO2S/c1-17(15-18-9-5-3-6-10-18)16-23(21,20-13-14-22-2)19-11-7-4-8-12-19/h3-12,15H,13-14,16H2,1-2H3/b17-15-/t23-/m0/s1. The lowest BCUT2D eigenvalue weighted by Gasteiger charge is -2.11. The molecule has 0 aliphatic rings. The Morgan fingerprint density at radius 3 is 2.30 bits per heavy atom. The maximum absolute atomic E-state index is 13.4. The van der Waals surface area contributed by atoms with E-state index in [9.17, 15) is 4.21 Å². The lowest BCUT2D eigenvalue weighted by Crippen LogP contribution is -2.10. The van der Waals surface area contributed by atoms with Gasteiger partial charge in [0.2, 0.25) is 0 Å². The van der Waals surface area contributed by atoms with Crippen LogP contribution in [0.4, 0.5) is 0 Å². The molecule has 2 rings (SSSR count). The van der Waals surface area contributed by atoms with E-state index in [0.717, 1.165) is 16.0 Å². The van der Waals surface area contributed by atoms with Crippen molar-refractivity contribution in [1.82, 2.24) is 0 Å². The zero-order valence-corrected chi connectivity index (χ0v) is 14.5. The van der Waals surface area contributed by atoms with E-state index < -0.39 is 9.73 Å². The summed E-state index contributed by atoms with van der Waals surface area (Å²) in [4.78, 5) is 0.775. The van der Waals surface area contributed by atoms with Crippen LogP contribution in [0.5, 0.6) is 0 Å². The predicted molar refractivity (Wildman–Crippen MR) is 97.0 cm³/mol. The largest absolute Gasteiger partial charge is 0.383 e. The minimum Gasteiger partial charge on any atom is -0.383 e. The molecule has 0 radical (unpaired) electrons. The number of ether oxygens (including phenoxy) is 1. The molecule has 23 heavy (non-hydrogen) atoms. The minimum absolute atomic E-state index is 0.426. The second kappa shape index (κ2) is 8.65. The molecule has 0 aromatic heterocycles. The van der Waals surface area contributed by atoms with Gasteiger partial charge < -0.3 is 4.74 Å². The Morgan fingerprint density at radius 2 is 1.70 bits per heavy atom. The van der Waals surface area contributed by atoms with Gasteiger partial charge in [-0.2, -0.15) is 0 Å². The Hall–Kier alpha value is -1.91. The highest BCUT2D eigenvalue weighted by Crippen LogP contribution is 2.18. The summed E-state index contributed by atoms with van der Waals surface area (Å²) in [6, 6.07) is 19.5. The summed E-state index contributed by atoms with van der Waals surface area (Å²) in [6.07, 6.45) is 2.06. The van der Waals surface area contributed by atoms with E-state index in [2.05, 4.69) is 10.4 Å². The van der Waals surface area contributed by atoms with Crippen molar-refractivity contribution in [2.24, 2.45) is 4.36 Å². The molecular formula is C19H23NO2S. The van der Waals surface area contributed by atoms with E-state index in [4.69, 9.17) is 4.74 Å². The average molecular weight is 329 g/mol. The van der Waals surface area contributed by atoms with Crippen LogP contribution in [0, 0.1) is 0 Å². The highest BCUT2D eigenvalue weighted by molar-refractivity contribution is 7.93. The van der Waals surface area contributed by atoms with Crippen LogP contribution in [0.25, 0.3) is 6.08 Å². The van der Waals surface area contributed by atoms with E-state index in [1.54, 1.807) is 7.11 Å². The third-order valence-corrected chi connectivity index (χ3v) is 5.80. The molecule has 2 aromatic rings. The van der Waals surface area contributed by atoms with Gasteiger partial charge in [0.1, 0.15) is 0 Å². The van der Waals surface area contributed by atoms with E-state index in [0.29, 0.717) is 18.9 Å². The molecule has 0 amide bonds. The Balaban J connectivity index is 2.30. The van der Waals surface area contributed by atoms with Crippen molar-refractivity contribution in [2.75, 3.05) is 26.0 Å². The van der Waals surface area contributed by atoms with Gasteiger partial charge in [-0.1, -0.05) is 60.2 Å². The molecule has 0 fully saturated rings. The number of hydrogen-bond donors (Lipinski definition) is 0. The van der Waals surface area contributed by atoms with Crippen LogP contribution in [0.1, 0.15) is 12.5 Å². The summed E-state index contributed by atoms with van der Waals surface area (Å²) in [7, 11) is -0.857. The van der Waals surface area contributed by atoms with Crippen molar-refractivity contribution in [3.05, 3.63) is 71.8 Å². The second-order valence-corrected chi connectivity index (χ2v) is 7.64. The fraction of sp³-hybridized carbons (Fsp3) is 0.263. The zero-order chi connectivity index (χ0) is 16.5. The summed E-state index contributed by atoms with van der Waals surface area (Å²) in [5, 5.41) is 0. The summed E-state index contributed by atoms with van der Waals surface area (Å²) in [5.41, 5.74) is 2.16. The Kier molecular flexibility index (Phi) is 6.56. The minimum atomic E-state index is -2.48. The number of nitrogens with zero attached hydrogens (tertiary/aromatic N) is 1. The monoisotopic (exact) mass is 329 g/mol. The average Bonchev–Trinajstić information content (AvgIpc) is 2.56. The SMILES string of the molecule is COCCN=[S@](=O)(C/C(C)=C\c1ccccc1)c1ccccc1. The molecule has 0 heterocycles. The summed E-state index contributed by atoms with van der Waals surface area (Å²) in [6.45, 7) is 2.91. The van der Waals surface area contributed by atoms with Gasteiger partial charge >= 0.3 is 0 Å². The number of benzene rings is 2. The van der Waals surface area contributed by atoms with E-state index >= 15 is 0 Å². The molecule has 0 aliphatic heterocycles. The van der Waals surface area contributed by atoms with E-state index in [1.165, 1.54) is 0 Å². The number of hydrogen-bond acceptors (Lipinski definition) is 3. The van der Waals surface area contributed by atoms with Crippen molar-refractivity contribution < 1.29 is 8.95 Å².